The van der Waals surface area contributed by atoms with Gasteiger partial charge < -0.3 is 4.90 Å². The monoisotopic (exact) mass is 231 g/mol. The van der Waals surface area contributed by atoms with Crippen molar-refractivity contribution in [2.24, 2.45) is 0 Å². The maximum Gasteiger partial charge on any atom is 0.0368 e. The number of unbranched alkanes of at least 4 members (excludes halogenated alkanes) is 2. The van der Waals surface area contributed by atoms with Crippen LogP contribution >= 0.6 is 0 Å². The van der Waals surface area contributed by atoms with Gasteiger partial charge in [-0.2, -0.15) is 0 Å². The zero-order chi connectivity index (χ0) is 11.9. The van der Waals surface area contributed by atoms with Crippen molar-refractivity contribution in [2.75, 3.05) is 11.4 Å². The first kappa shape index (κ1) is 12.5. The van der Waals surface area contributed by atoms with Crippen molar-refractivity contribution < 1.29 is 0 Å². The van der Waals surface area contributed by atoms with Crippen molar-refractivity contribution in [1.82, 2.24) is 0 Å². The molecule has 0 N–H and O–H groups in total. The van der Waals surface area contributed by atoms with Gasteiger partial charge in [0.2, 0.25) is 0 Å². The van der Waals surface area contributed by atoms with Crippen LogP contribution in [-0.4, -0.2) is 12.6 Å². The van der Waals surface area contributed by atoms with Gasteiger partial charge in [-0.25, -0.2) is 0 Å². The summed E-state index contributed by atoms with van der Waals surface area (Å²) in [4.78, 5) is 2.64. The molecular weight excluding hydrogens is 206 g/mol. The Kier molecular flexibility index (Phi) is 4.90. The summed E-state index contributed by atoms with van der Waals surface area (Å²) in [6, 6.07) is 11.7. The summed E-state index contributed by atoms with van der Waals surface area (Å²) in [5.41, 5.74) is 1.42. The van der Waals surface area contributed by atoms with Crippen LogP contribution in [0.2, 0.25) is 0 Å². The summed E-state index contributed by atoms with van der Waals surface area (Å²) < 4.78 is 0. The fourth-order valence-electron chi connectivity index (χ4n) is 2.89. The van der Waals surface area contributed by atoms with Gasteiger partial charge in [-0.1, -0.05) is 44.4 Å². The molecule has 0 aliphatic carbocycles. The zero-order valence-electron chi connectivity index (χ0n) is 11.1. The van der Waals surface area contributed by atoms with E-state index in [1.165, 1.54) is 57.2 Å². The van der Waals surface area contributed by atoms with Crippen LogP contribution in [0.4, 0.5) is 5.69 Å². The highest BCUT2D eigenvalue weighted by atomic mass is 15.2. The first-order valence-corrected chi connectivity index (χ1v) is 7.23. The lowest BCUT2D eigenvalue weighted by molar-refractivity contribution is 0.424. The smallest absolute Gasteiger partial charge is 0.0368 e. The first-order valence-electron chi connectivity index (χ1n) is 7.23. The number of para-hydroxylation sites is 1. The van der Waals surface area contributed by atoms with E-state index < -0.39 is 0 Å². The lowest BCUT2D eigenvalue weighted by atomic mass is 9.96. The van der Waals surface area contributed by atoms with E-state index in [-0.39, 0.29) is 0 Å². The van der Waals surface area contributed by atoms with Crippen LogP contribution in [0, 0.1) is 0 Å². The Labute approximate surface area is 106 Å². The van der Waals surface area contributed by atoms with Gasteiger partial charge in [-0.3, -0.25) is 0 Å². The summed E-state index contributed by atoms with van der Waals surface area (Å²) in [5, 5.41) is 0. The topological polar surface area (TPSA) is 3.24 Å². The molecule has 17 heavy (non-hydrogen) atoms. The summed E-state index contributed by atoms with van der Waals surface area (Å²) in [6.45, 7) is 3.54. The molecule has 94 valence electrons. The number of nitrogens with zero attached hydrogens (tertiary/aromatic N) is 1. The van der Waals surface area contributed by atoms with Crippen LogP contribution in [0.1, 0.15) is 51.9 Å². The van der Waals surface area contributed by atoms with Gasteiger partial charge in [0.1, 0.15) is 0 Å². The van der Waals surface area contributed by atoms with E-state index in [1.54, 1.807) is 0 Å². The average Bonchev–Trinajstić information content (AvgIpc) is 2.41. The van der Waals surface area contributed by atoms with Crippen LogP contribution in [0.25, 0.3) is 0 Å². The highest BCUT2D eigenvalue weighted by Gasteiger charge is 2.21. The molecule has 0 radical (unpaired) electrons. The highest BCUT2D eigenvalue weighted by molar-refractivity contribution is 5.47. The lowest BCUT2D eigenvalue weighted by Gasteiger charge is -2.37. The van der Waals surface area contributed by atoms with Crippen LogP contribution in [-0.2, 0) is 0 Å². The fraction of sp³-hybridized carbons (Fsp3) is 0.625. The molecule has 1 aliphatic rings. The molecule has 0 amide bonds. The van der Waals surface area contributed by atoms with Crippen molar-refractivity contribution >= 4 is 5.69 Å². The summed E-state index contributed by atoms with van der Waals surface area (Å²) in [7, 11) is 0. The second-order valence-electron chi connectivity index (χ2n) is 5.17. The third-order valence-corrected chi connectivity index (χ3v) is 3.86. The molecule has 1 heterocycles. The molecule has 0 spiro atoms. The normalized spacial score (nSPS) is 20.5. The molecule has 1 unspecified atom stereocenters. The van der Waals surface area contributed by atoms with Crippen LogP contribution < -0.4 is 4.90 Å². The minimum absolute atomic E-state index is 0.790. The van der Waals surface area contributed by atoms with Crippen molar-refractivity contribution in [2.45, 2.75) is 57.9 Å². The van der Waals surface area contributed by atoms with Crippen LogP contribution in [0.15, 0.2) is 30.3 Å². The van der Waals surface area contributed by atoms with Crippen molar-refractivity contribution in [3.63, 3.8) is 0 Å². The Balaban J connectivity index is 1.97. The van der Waals surface area contributed by atoms with E-state index >= 15 is 0 Å². The predicted octanol–water partition coefficient (Wildman–Crippen LogP) is 4.63. The maximum atomic E-state index is 2.64. The molecule has 0 aromatic heterocycles. The Morgan fingerprint density at radius 2 is 1.94 bits per heavy atom. The van der Waals surface area contributed by atoms with E-state index in [1.807, 2.05) is 0 Å². The van der Waals surface area contributed by atoms with Gasteiger partial charge in [-0.15, -0.1) is 0 Å². The SMILES string of the molecule is CCCCCC1CCCCN1c1ccccc1. The van der Waals surface area contributed by atoms with E-state index in [0.717, 1.165) is 6.04 Å². The molecule has 1 fully saturated rings. The average molecular weight is 231 g/mol. The molecular formula is C16H25N. The van der Waals surface area contributed by atoms with Gasteiger partial charge in [-0.05, 0) is 37.8 Å². The van der Waals surface area contributed by atoms with Crippen LogP contribution in [0.3, 0.4) is 0 Å². The largest absolute Gasteiger partial charge is 0.369 e. The third kappa shape index (κ3) is 3.49. The maximum absolute atomic E-state index is 2.64. The standard InChI is InChI=1S/C16H25N/c1-2-3-5-10-15-13-8-9-14-17(15)16-11-6-4-7-12-16/h4,6-7,11-12,15H,2-3,5,8-10,13-14H2,1H3. The van der Waals surface area contributed by atoms with E-state index in [4.69, 9.17) is 0 Å². The van der Waals surface area contributed by atoms with Crippen molar-refractivity contribution in [3.05, 3.63) is 30.3 Å². The number of rotatable bonds is 5. The third-order valence-electron chi connectivity index (χ3n) is 3.86. The summed E-state index contributed by atoms with van der Waals surface area (Å²) >= 11 is 0. The fourth-order valence-corrected chi connectivity index (χ4v) is 2.89. The molecule has 0 saturated carbocycles. The molecule has 1 nitrogen and oxygen atoms in total. The van der Waals surface area contributed by atoms with E-state index in [2.05, 4.69) is 42.2 Å². The summed E-state index contributed by atoms with van der Waals surface area (Å²) in [6.07, 6.45) is 9.66. The Morgan fingerprint density at radius 3 is 2.71 bits per heavy atom. The predicted molar refractivity (Wildman–Crippen MR) is 75.6 cm³/mol. The first-order chi connectivity index (χ1) is 8.42. The molecule has 1 aliphatic heterocycles. The Morgan fingerprint density at radius 1 is 1.12 bits per heavy atom. The van der Waals surface area contributed by atoms with Gasteiger partial charge in [0.15, 0.2) is 0 Å². The number of benzene rings is 1. The number of piperidine rings is 1. The molecule has 2 rings (SSSR count). The van der Waals surface area contributed by atoms with E-state index in [0.29, 0.717) is 0 Å². The van der Waals surface area contributed by atoms with Gasteiger partial charge >= 0.3 is 0 Å². The second-order valence-corrected chi connectivity index (χ2v) is 5.17. The minimum Gasteiger partial charge on any atom is -0.369 e. The number of hydrogen-bond donors (Lipinski definition) is 0. The summed E-state index contributed by atoms with van der Waals surface area (Å²) in [5.74, 6) is 0. The Hall–Kier alpha value is -0.980. The molecule has 1 aromatic rings. The number of anilines is 1. The van der Waals surface area contributed by atoms with Gasteiger partial charge in [0.25, 0.3) is 0 Å². The van der Waals surface area contributed by atoms with E-state index in [9.17, 15) is 0 Å². The number of hydrogen-bond acceptors (Lipinski definition) is 1. The highest BCUT2D eigenvalue weighted by Crippen LogP contribution is 2.27. The van der Waals surface area contributed by atoms with Crippen LogP contribution in [0.5, 0.6) is 0 Å². The molecule has 1 heteroatoms. The lowest BCUT2D eigenvalue weighted by Crippen LogP contribution is -2.39. The van der Waals surface area contributed by atoms with Gasteiger partial charge in [0, 0.05) is 18.3 Å². The van der Waals surface area contributed by atoms with Gasteiger partial charge in [0.05, 0.1) is 0 Å². The van der Waals surface area contributed by atoms with Crippen molar-refractivity contribution in [1.29, 1.82) is 0 Å². The molecule has 1 atom stereocenters. The minimum atomic E-state index is 0.790. The zero-order valence-corrected chi connectivity index (χ0v) is 11.1. The van der Waals surface area contributed by atoms with Crippen molar-refractivity contribution in [3.8, 4) is 0 Å². The quantitative estimate of drug-likeness (QED) is 0.668. The Bertz CT molecular complexity index is 307. The second kappa shape index (κ2) is 6.68. The molecule has 0 bridgehead atoms. The molecule has 1 aromatic carbocycles. The molecule has 1 saturated heterocycles.